The molecule has 4 N–H and O–H groups in total. The van der Waals surface area contributed by atoms with E-state index in [1.165, 1.54) is 0 Å². The quantitative estimate of drug-likeness (QED) is 0.125. The molecule has 6 aromatic carbocycles. The van der Waals surface area contributed by atoms with E-state index in [4.69, 9.17) is 0 Å². The maximum atomic E-state index is 12.0. The molecule has 0 unspecified atom stereocenters. The second kappa shape index (κ2) is 19.1. The summed E-state index contributed by atoms with van der Waals surface area (Å²) in [6.07, 6.45) is 4.45. The van der Waals surface area contributed by atoms with E-state index in [1.54, 1.807) is 0 Å². The Labute approximate surface area is 448 Å². The highest BCUT2D eigenvalue weighted by molar-refractivity contribution is 5.90. The van der Waals surface area contributed by atoms with Crippen molar-refractivity contribution in [2.45, 2.75) is 209 Å². The van der Waals surface area contributed by atoms with Gasteiger partial charge in [0.2, 0.25) is 0 Å². The van der Waals surface area contributed by atoms with Crippen molar-refractivity contribution < 1.29 is 20.4 Å². The van der Waals surface area contributed by atoms with Crippen molar-refractivity contribution in [2.24, 2.45) is 0 Å². The van der Waals surface area contributed by atoms with Gasteiger partial charge in [0.05, 0.1) is 0 Å². The molecule has 4 heteroatoms. The number of phenolic OH excluding ortho intramolecular Hbond substituents is 4. The van der Waals surface area contributed by atoms with Crippen LogP contribution in [0.25, 0.3) is 56.7 Å². The average molecular weight is 998 g/mol. The number of aromatic hydroxyl groups is 4. The molecule has 6 rings (SSSR count). The van der Waals surface area contributed by atoms with Crippen LogP contribution in [0, 0.1) is 0 Å². The summed E-state index contributed by atoms with van der Waals surface area (Å²) in [5, 5.41) is 47.5. The van der Waals surface area contributed by atoms with Gasteiger partial charge in [-0.2, -0.15) is 0 Å². The van der Waals surface area contributed by atoms with Gasteiger partial charge in [-0.3, -0.25) is 0 Å². The average Bonchev–Trinajstić information content (AvgIpc) is 3.22. The first-order valence-electron chi connectivity index (χ1n) is 26.9. The van der Waals surface area contributed by atoms with Crippen molar-refractivity contribution in [1.82, 2.24) is 0 Å². The highest BCUT2D eigenvalue weighted by Crippen LogP contribution is 2.49. The van der Waals surface area contributed by atoms with E-state index < -0.39 is 0 Å². The molecule has 0 aliphatic heterocycles. The highest BCUT2D eigenvalue weighted by atomic mass is 16.3. The van der Waals surface area contributed by atoms with Crippen LogP contribution in [-0.2, 0) is 43.3 Å². The van der Waals surface area contributed by atoms with Crippen molar-refractivity contribution in [2.75, 3.05) is 0 Å². The molecule has 0 saturated heterocycles. The molecule has 0 amide bonds. The summed E-state index contributed by atoms with van der Waals surface area (Å²) in [4.78, 5) is 0. The number of hydrogen-bond acceptors (Lipinski definition) is 4. The van der Waals surface area contributed by atoms with Crippen molar-refractivity contribution in [3.05, 3.63) is 141 Å². The number of hydrogen-bond donors (Lipinski definition) is 4. The molecule has 0 radical (unpaired) electrons. The molecule has 396 valence electrons. The second-order valence-electron chi connectivity index (χ2n) is 29.6. The lowest BCUT2D eigenvalue weighted by molar-refractivity contribution is 0.422. The molecular formula is C70H92O4. The van der Waals surface area contributed by atoms with E-state index in [-0.39, 0.29) is 43.3 Å². The van der Waals surface area contributed by atoms with Gasteiger partial charge >= 0.3 is 0 Å². The van der Waals surface area contributed by atoms with E-state index in [0.29, 0.717) is 23.0 Å². The molecule has 0 fully saturated rings. The lowest BCUT2D eigenvalue weighted by atomic mass is 9.76. The lowest BCUT2D eigenvalue weighted by Crippen LogP contribution is -2.17. The van der Waals surface area contributed by atoms with Crippen LogP contribution in [0.4, 0.5) is 0 Å². The predicted molar refractivity (Wildman–Crippen MR) is 320 cm³/mol. The highest BCUT2D eigenvalue weighted by Gasteiger charge is 2.32. The van der Waals surface area contributed by atoms with Gasteiger partial charge in [0, 0.05) is 44.5 Å². The van der Waals surface area contributed by atoms with Crippen LogP contribution >= 0.6 is 0 Å². The van der Waals surface area contributed by atoms with Crippen molar-refractivity contribution >= 4 is 12.2 Å². The van der Waals surface area contributed by atoms with Crippen LogP contribution in [0.15, 0.2) is 84.9 Å². The molecule has 6 aromatic rings. The topological polar surface area (TPSA) is 80.9 Å². The Kier molecular flexibility index (Phi) is 14.9. The minimum atomic E-state index is -0.342. The van der Waals surface area contributed by atoms with Gasteiger partial charge < -0.3 is 20.4 Å². The normalized spacial score (nSPS) is 13.6. The molecule has 0 bridgehead atoms. The first kappa shape index (κ1) is 57.5. The first-order valence-corrected chi connectivity index (χ1v) is 26.9. The van der Waals surface area contributed by atoms with E-state index in [2.05, 4.69) is 263 Å². The minimum Gasteiger partial charge on any atom is -0.507 e. The van der Waals surface area contributed by atoms with Crippen molar-refractivity contribution in [1.29, 1.82) is 0 Å². The van der Waals surface area contributed by atoms with Gasteiger partial charge in [-0.15, -0.1) is 0 Å². The fourth-order valence-electron chi connectivity index (χ4n) is 10.2. The van der Waals surface area contributed by atoms with E-state index in [1.807, 2.05) is 0 Å². The predicted octanol–water partition coefficient (Wildman–Crippen LogP) is 19.7. The third-order valence-electron chi connectivity index (χ3n) is 14.7. The molecule has 0 aliphatic carbocycles. The fraction of sp³-hybridized carbons (Fsp3) is 0.457. The third-order valence-corrected chi connectivity index (χ3v) is 14.7. The smallest absolute Gasteiger partial charge is 0.123 e. The molecule has 74 heavy (non-hydrogen) atoms. The van der Waals surface area contributed by atoms with E-state index in [9.17, 15) is 20.4 Å². The first-order chi connectivity index (χ1) is 33.4. The van der Waals surface area contributed by atoms with Crippen LogP contribution in [-0.4, -0.2) is 20.4 Å². The summed E-state index contributed by atoms with van der Waals surface area (Å²) in [6, 6.07) is 30.7. The van der Waals surface area contributed by atoms with E-state index in [0.717, 1.165) is 100 Å². The van der Waals surface area contributed by atoms with Crippen LogP contribution < -0.4 is 0 Å². The zero-order valence-corrected chi connectivity index (χ0v) is 50.0. The van der Waals surface area contributed by atoms with Gasteiger partial charge in [0.1, 0.15) is 23.0 Å². The van der Waals surface area contributed by atoms with Crippen molar-refractivity contribution in [3.8, 4) is 67.5 Å². The van der Waals surface area contributed by atoms with Gasteiger partial charge in [-0.05, 0) is 160 Å². The van der Waals surface area contributed by atoms with Gasteiger partial charge in [0.25, 0.3) is 0 Å². The maximum Gasteiger partial charge on any atom is 0.123 e. The molecule has 0 heterocycles. The molecule has 0 spiro atoms. The van der Waals surface area contributed by atoms with Gasteiger partial charge in [-0.25, -0.2) is 0 Å². The minimum absolute atomic E-state index is 0.302. The number of rotatable bonds is 6. The van der Waals surface area contributed by atoms with Crippen LogP contribution in [0.5, 0.6) is 23.0 Å². The van der Waals surface area contributed by atoms with Crippen molar-refractivity contribution in [3.63, 3.8) is 0 Å². The molecule has 0 atom stereocenters. The molecule has 0 saturated carbocycles. The Balaban J connectivity index is 1.73. The summed E-state index contributed by atoms with van der Waals surface area (Å²) in [6.45, 7) is 51.7. The Morgan fingerprint density at radius 2 is 0.405 bits per heavy atom. The standard InChI is InChI=1S/C70H92O4/c1-63(2,3)51-33-45(34-52(59(51)71)64(4,5)6)43-29-27-41(49(31-43)47-37-55(67(13,14)15)61(73)56(38-47)68(16,17)18)25-26-42-28-30-44(46-35-53(65(7,8)9)60(72)54(36-46)66(10,11)12)32-50(42)48-39-57(69(19,20)21)62(74)58(40-48)70(22,23)24/h25-40,71-74H,1-24H3/b26-25+. The number of phenols is 4. The largest absolute Gasteiger partial charge is 0.507 e. The fourth-order valence-corrected chi connectivity index (χ4v) is 10.2. The number of benzene rings is 6. The summed E-state index contributed by atoms with van der Waals surface area (Å²) in [7, 11) is 0. The van der Waals surface area contributed by atoms with Gasteiger partial charge in [-0.1, -0.05) is 203 Å². The second-order valence-corrected chi connectivity index (χ2v) is 29.6. The monoisotopic (exact) mass is 997 g/mol. The maximum absolute atomic E-state index is 12.0. The Bertz CT molecular complexity index is 2780. The van der Waals surface area contributed by atoms with E-state index >= 15 is 0 Å². The van der Waals surface area contributed by atoms with Crippen LogP contribution in [0.2, 0.25) is 0 Å². The summed E-state index contributed by atoms with van der Waals surface area (Å²) >= 11 is 0. The molecular weight excluding hydrogens is 905 g/mol. The third kappa shape index (κ3) is 12.0. The summed E-state index contributed by atoms with van der Waals surface area (Å²) in [5.41, 5.74) is 14.9. The summed E-state index contributed by atoms with van der Waals surface area (Å²) in [5.74, 6) is 1.38. The molecule has 0 aromatic heterocycles. The Hall–Kier alpha value is -5.74. The molecule has 0 aliphatic rings. The molecule has 4 nitrogen and oxygen atoms in total. The SMILES string of the molecule is CC(C)(C)c1cc(-c2ccc(/C=C/c3ccc(-c4cc(C(C)(C)C)c(O)c(C(C)(C)C)c4)cc3-c3cc(C(C)(C)C)c(O)c(C(C)(C)C)c3)c(-c3cc(C(C)(C)C)c(O)c(C(C)(C)C)c3)c2)cc(C(C)(C)C)c1O. The van der Waals surface area contributed by atoms with Crippen LogP contribution in [0.1, 0.15) is 222 Å². The Morgan fingerprint density at radius 3 is 0.581 bits per heavy atom. The zero-order valence-electron chi connectivity index (χ0n) is 50.0. The zero-order chi connectivity index (χ0) is 56.0. The van der Waals surface area contributed by atoms with Gasteiger partial charge in [0.15, 0.2) is 0 Å². The summed E-state index contributed by atoms with van der Waals surface area (Å²) < 4.78 is 0. The Morgan fingerprint density at radius 1 is 0.230 bits per heavy atom. The lowest BCUT2D eigenvalue weighted by Gasteiger charge is -2.29. The van der Waals surface area contributed by atoms with Crippen LogP contribution in [0.3, 0.4) is 0 Å².